The first-order chi connectivity index (χ1) is 11.1. The van der Waals surface area contributed by atoms with Crippen molar-refractivity contribution >= 4 is 29.4 Å². The first-order valence-electron chi connectivity index (χ1n) is 7.36. The molecule has 0 fully saturated rings. The van der Waals surface area contributed by atoms with E-state index in [9.17, 15) is 9.59 Å². The van der Waals surface area contributed by atoms with Gasteiger partial charge in [-0.25, -0.2) is 4.79 Å². The van der Waals surface area contributed by atoms with E-state index in [1.54, 1.807) is 41.5 Å². The number of nitrogens with one attached hydrogen (secondary N) is 1. The Hall–Kier alpha value is -3.02. The van der Waals surface area contributed by atoms with Gasteiger partial charge in [-0.1, -0.05) is 6.07 Å². The van der Waals surface area contributed by atoms with Crippen molar-refractivity contribution in [3.63, 3.8) is 0 Å². The molecule has 3 N–H and O–H groups in total. The molecule has 3 rings (SSSR count). The van der Waals surface area contributed by atoms with Gasteiger partial charge in [0.2, 0.25) is 0 Å². The van der Waals surface area contributed by atoms with E-state index < -0.39 is 6.03 Å². The van der Waals surface area contributed by atoms with Crippen LogP contribution >= 0.6 is 0 Å². The molecule has 2 aromatic rings. The SMILES string of the molecule is NC(=O)Nc1cccc2c1CCCN2C(=O)C=Cc1ccco1. The van der Waals surface area contributed by atoms with Gasteiger partial charge >= 0.3 is 6.03 Å². The van der Waals surface area contributed by atoms with Crippen molar-refractivity contribution in [3.05, 3.63) is 54.0 Å². The molecule has 0 saturated heterocycles. The number of rotatable bonds is 3. The Morgan fingerprint density at radius 3 is 2.87 bits per heavy atom. The summed E-state index contributed by atoms with van der Waals surface area (Å²) < 4.78 is 5.18. The minimum Gasteiger partial charge on any atom is -0.465 e. The molecule has 0 bridgehead atoms. The number of nitrogens with two attached hydrogens (primary N) is 1. The lowest BCUT2D eigenvalue weighted by Crippen LogP contribution is -2.34. The van der Waals surface area contributed by atoms with Gasteiger partial charge < -0.3 is 20.4 Å². The molecule has 0 radical (unpaired) electrons. The van der Waals surface area contributed by atoms with Crippen LogP contribution in [-0.4, -0.2) is 18.5 Å². The quantitative estimate of drug-likeness (QED) is 0.854. The van der Waals surface area contributed by atoms with Crippen molar-refractivity contribution in [3.8, 4) is 0 Å². The third-order valence-corrected chi connectivity index (χ3v) is 3.71. The van der Waals surface area contributed by atoms with E-state index >= 15 is 0 Å². The van der Waals surface area contributed by atoms with Crippen molar-refractivity contribution in [2.45, 2.75) is 12.8 Å². The maximum Gasteiger partial charge on any atom is 0.316 e. The highest BCUT2D eigenvalue weighted by Crippen LogP contribution is 2.33. The standard InChI is InChI=1S/C17H17N3O3/c18-17(22)19-14-6-1-7-15-13(14)5-2-10-20(15)16(21)9-8-12-4-3-11-23-12/h1,3-4,6-9,11H,2,5,10H2,(H3,18,19,22). The Bertz CT molecular complexity index is 750. The van der Waals surface area contributed by atoms with Crippen molar-refractivity contribution in [1.82, 2.24) is 0 Å². The fraction of sp³-hybridized carbons (Fsp3) is 0.176. The summed E-state index contributed by atoms with van der Waals surface area (Å²) in [5.41, 5.74) is 7.59. The summed E-state index contributed by atoms with van der Waals surface area (Å²) in [4.78, 5) is 25.3. The number of benzene rings is 1. The number of primary amides is 1. The lowest BCUT2D eigenvalue weighted by molar-refractivity contribution is -0.114. The number of hydrogen-bond donors (Lipinski definition) is 2. The summed E-state index contributed by atoms with van der Waals surface area (Å²) in [6.07, 6.45) is 6.30. The van der Waals surface area contributed by atoms with Gasteiger partial charge in [-0.3, -0.25) is 4.79 Å². The second-order valence-electron chi connectivity index (χ2n) is 5.23. The number of furan rings is 1. The van der Waals surface area contributed by atoms with Crippen LogP contribution in [0.1, 0.15) is 17.7 Å². The van der Waals surface area contributed by atoms with Crippen LogP contribution in [0.25, 0.3) is 6.08 Å². The van der Waals surface area contributed by atoms with Crippen molar-refractivity contribution in [2.75, 3.05) is 16.8 Å². The minimum atomic E-state index is -0.612. The van der Waals surface area contributed by atoms with Crippen LogP contribution in [0.4, 0.5) is 16.2 Å². The summed E-state index contributed by atoms with van der Waals surface area (Å²) in [5.74, 6) is 0.498. The van der Waals surface area contributed by atoms with Gasteiger partial charge in [0.05, 0.1) is 6.26 Å². The summed E-state index contributed by atoms with van der Waals surface area (Å²) in [5, 5.41) is 2.61. The van der Waals surface area contributed by atoms with E-state index in [4.69, 9.17) is 10.2 Å². The summed E-state index contributed by atoms with van der Waals surface area (Å²) in [7, 11) is 0. The molecule has 1 aliphatic heterocycles. The predicted octanol–water partition coefficient (Wildman–Crippen LogP) is 2.76. The maximum atomic E-state index is 12.5. The maximum absolute atomic E-state index is 12.5. The smallest absolute Gasteiger partial charge is 0.316 e. The van der Waals surface area contributed by atoms with E-state index in [1.807, 2.05) is 6.07 Å². The third-order valence-electron chi connectivity index (χ3n) is 3.71. The number of fused-ring (bicyclic) bond motifs is 1. The minimum absolute atomic E-state index is 0.126. The first-order valence-corrected chi connectivity index (χ1v) is 7.36. The lowest BCUT2D eigenvalue weighted by Gasteiger charge is -2.30. The molecule has 0 atom stereocenters. The number of urea groups is 1. The number of carbonyl (C=O) groups excluding carboxylic acids is 2. The van der Waals surface area contributed by atoms with Gasteiger partial charge in [-0.05, 0) is 48.7 Å². The van der Waals surface area contributed by atoms with Crippen LogP contribution in [-0.2, 0) is 11.2 Å². The number of carbonyl (C=O) groups is 2. The van der Waals surface area contributed by atoms with Crippen LogP contribution in [0.15, 0.2) is 47.1 Å². The van der Waals surface area contributed by atoms with E-state index in [2.05, 4.69) is 5.32 Å². The van der Waals surface area contributed by atoms with Gasteiger partial charge in [-0.15, -0.1) is 0 Å². The van der Waals surface area contributed by atoms with E-state index in [1.165, 1.54) is 6.08 Å². The highest BCUT2D eigenvalue weighted by Gasteiger charge is 2.23. The fourth-order valence-electron chi connectivity index (χ4n) is 2.73. The number of amides is 3. The van der Waals surface area contributed by atoms with Crippen LogP contribution < -0.4 is 16.0 Å². The van der Waals surface area contributed by atoms with Gasteiger partial charge in [0.15, 0.2) is 0 Å². The summed E-state index contributed by atoms with van der Waals surface area (Å²) in [6, 6.07) is 8.39. The van der Waals surface area contributed by atoms with Crippen LogP contribution in [0.3, 0.4) is 0 Å². The van der Waals surface area contributed by atoms with Gasteiger partial charge in [-0.2, -0.15) is 0 Å². The van der Waals surface area contributed by atoms with E-state index in [-0.39, 0.29) is 5.91 Å². The molecule has 6 heteroatoms. The largest absolute Gasteiger partial charge is 0.465 e. The van der Waals surface area contributed by atoms with Crippen LogP contribution in [0.5, 0.6) is 0 Å². The zero-order chi connectivity index (χ0) is 16.2. The zero-order valence-electron chi connectivity index (χ0n) is 12.5. The molecule has 6 nitrogen and oxygen atoms in total. The fourth-order valence-corrected chi connectivity index (χ4v) is 2.73. The average molecular weight is 311 g/mol. The second kappa shape index (κ2) is 6.39. The number of hydrogen-bond acceptors (Lipinski definition) is 3. The first kappa shape index (κ1) is 14.9. The van der Waals surface area contributed by atoms with E-state index in [0.29, 0.717) is 18.0 Å². The molecular formula is C17H17N3O3. The van der Waals surface area contributed by atoms with Crippen molar-refractivity contribution < 1.29 is 14.0 Å². The molecule has 2 heterocycles. The molecule has 118 valence electrons. The van der Waals surface area contributed by atoms with Crippen LogP contribution in [0.2, 0.25) is 0 Å². The normalized spacial score (nSPS) is 13.8. The van der Waals surface area contributed by atoms with Gasteiger partial charge in [0.1, 0.15) is 5.76 Å². The Balaban J connectivity index is 1.86. The van der Waals surface area contributed by atoms with Gasteiger partial charge in [0.25, 0.3) is 5.91 Å². The lowest BCUT2D eigenvalue weighted by atomic mass is 9.99. The van der Waals surface area contributed by atoms with Crippen molar-refractivity contribution in [1.29, 1.82) is 0 Å². The summed E-state index contributed by atoms with van der Waals surface area (Å²) in [6.45, 7) is 0.633. The average Bonchev–Trinajstić information content (AvgIpc) is 3.05. The second-order valence-corrected chi connectivity index (χ2v) is 5.23. The zero-order valence-corrected chi connectivity index (χ0v) is 12.5. The molecule has 0 unspecified atom stereocenters. The molecule has 1 aromatic carbocycles. The number of anilines is 2. The Kier molecular flexibility index (Phi) is 4.14. The molecule has 0 saturated carbocycles. The summed E-state index contributed by atoms with van der Waals surface area (Å²) >= 11 is 0. The van der Waals surface area contributed by atoms with Crippen LogP contribution in [0, 0.1) is 0 Å². The van der Waals surface area contributed by atoms with Crippen molar-refractivity contribution in [2.24, 2.45) is 5.73 Å². The van der Waals surface area contributed by atoms with E-state index in [0.717, 1.165) is 24.1 Å². The Labute approximate surface area is 133 Å². The van der Waals surface area contributed by atoms with Gasteiger partial charge in [0, 0.05) is 24.0 Å². The molecular weight excluding hydrogens is 294 g/mol. The highest BCUT2D eigenvalue weighted by molar-refractivity contribution is 6.05. The predicted molar refractivity (Wildman–Crippen MR) is 88.1 cm³/mol. The number of nitrogens with zero attached hydrogens (tertiary/aromatic N) is 1. The molecule has 1 aliphatic rings. The topological polar surface area (TPSA) is 88.6 Å². The molecule has 3 amide bonds. The molecule has 0 spiro atoms. The highest BCUT2D eigenvalue weighted by atomic mass is 16.3. The monoisotopic (exact) mass is 311 g/mol. The Morgan fingerprint density at radius 1 is 1.26 bits per heavy atom. The third kappa shape index (κ3) is 3.26. The Morgan fingerprint density at radius 2 is 2.13 bits per heavy atom. The molecule has 0 aliphatic carbocycles. The molecule has 1 aromatic heterocycles. The molecule has 23 heavy (non-hydrogen) atoms.